The van der Waals surface area contributed by atoms with Crippen molar-refractivity contribution in [2.75, 3.05) is 12.4 Å². The summed E-state index contributed by atoms with van der Waals surface area (Å²) in [5, 5.41) is 23.0. The van der Waals surface area contributed by atoms with Gasteiger partial charge >= 0.3 is 0 Å². The molecule has 0 heterocycles. The zero-order valence-corrected chi connectivity index (χ0v) is 16.8. The van der Waals surface area contributed by atoms with Crippen molar-refractivity contribution in [3.8, 4) is 11.5 Å². The number of alkyl halides is 1. The van der Waals surface area contributed by atoms with Crippen molar-refractivity contribution >= 4 is 34.9 Å². The van der Waals surface area contributed by atoms with Gasteiger partial charge in [0.05, 0.1) is 11.1 Å². The summed E-state index contributed by atoms with van der Waals surface area (Å²) in [4.78, 5) is 49.1. The maximum absolute atomic E-state index is 12.8. The molecule has 0 saturated heterocycles. The summed E-state index contributed by atoms with van der Waals surface area (Å²) in [6.45, 7) is 0.474. The molecule has 0 saturated carbocycles. The Morgan fingerprint density at radius 3 is 2.37 bits per heavy atom. The maximum atomic E-state index is 12.8. The number of fused-ring (bicyclic) bond motifs is 2. The minimum Gasteiger partial charge on any atom is -0.507 e. The van der Waals surface area contributed by atoms with E-state index in [0.717, 1.165) is 0 Å². The third-order valence-electron chi connectivity index (χ3n) is 4.95. The molecule has 30 heavy (non-hydrogen) atoms. The zero-order chi connectivity index (χ0) is 21.8. The number of rotatable bonds is 8. The number of carbonyl (C=O) groups is 4. The summed E-state index contributed by atoms with van der Waals surface area (Å²) in [7, 11) is 0. The highest BCUT2D eigenvalue weighted by molar-refractivity contribution is 6.30. The van der Waals surface area contributed by atoms with Gasteiger partial charge in [0.1, 0.15) is 17.4 Å². The quantitative estimate of drug-likeness (QED) is 0.287. The van der Waals surface area contributed by atoms with Crippen molar-refractivity contribution in [2.24, 2.45) is 0 Å². The number of hydrogen-bond acceptors (Lipinski definition) is 6. The van der Waals surface area contributed by atoms with Gasteiger partial charge in [-0.15, -0.1) is 11.6 Å². The monoisotopic (exact) mass is 429 g/mol. The molecule has 0 unspecified atom stereocenters. The number of halogens is 1. The van der Waals surface area contributed by atoms with Crippen molar-refractivity contribution in [1.82, 2.24) is 5.32 Å². The Kier molecular flexibility index (Phi) is 6.52. The fraction of sp³-hybridized carbons (Fsp3) is 0.273. The SMILES string of the molecule is O=C(CCl)NCCCCCC(=O)c1cc(O)c2c(c1)C(=O)c1cccc(O)c1C2=O. The lowest BCUT2D eigenvalue weighted by Crippen LogP contribution is -2.25. The Bertz CT molecular complexity index is 1050. The molecule has 0 atom stereocenters. The second kappa shape index (κ2) is 9.09. The second-order valence-electron chi connectivity index (χ2n) is 6.99. The normalized spacial score (nSPS) is 12.3. The summed E-state index contributed by atoms with van der Waals surface area (Å²) in [5.41, 5.74) is -0.224. The van der Waals surface area contributed by atoms with Crippen LogP contribution < -0.4 is 5.32 Å². The highest BCUT2D eigenvalue weighted by Crippen LogP contribution is 2.37. The van der Waals surface area contributed by atoms with Crippen LogP contribution in [0.1, 0.15) is 67.9 Å². The molecule has 0 aliphatic heterocycles. The molecule has 2 aromatic rings. The molecule has 0 fully saturated rings. The Balaban J connectivity index is 1.72. The van der Waals surface area contributed by atoms with Crippen LogP contribution in [0.15, 0.2) is 30.3 Å². The Hall–Kier alpha value is -3.19. The van der Waals surface area contributed by atoms with E-state index in [-0.39, 0.29) is 57.6 Å². The topological polar surface area (TPSA) is 121 Å². The highest BCUT2D eigenvalue weighted by atomic mass is 35.5. The van der Waals surface area contributed by atoms with E-state index in [4.69, 9.17) is 11.6 Å². The fourth-order valence-corrected chi connectivity index (χ4v) is 3.54. The number of hydrogen-bond donors (Lipinski definition) is 3. The summed E-state index contributed by atoms with van der Waals surface area (Å²) in [6, 6.07) is 6.68. The van der Waals surface area contributed by atoms with E-state index in [1.807, 2.05) is 0 Å². The van der Waals surface area contributed by atoms with E-state index in [1.165, 1.54) is 30.3 Å². The predicted molar refractivity (Wildman–Crippen MR) is 110 cm³/mol. The Morgan fingerprint density at radius 2 is 1.63 bits per heavy atom. The first-order valence-electron chi connectivity index (χ1n) is 9.49. The number of unbranched alkanes of at least 4 members (excludes halogenated alkanes) is 2. The lowest BCUT2D eigenvalue weighted by atomic mass is 9.82. The largest absolute Gasteiger partial charge is 0.507 e. The van der Waals surface area contributed by atoms with Gasteiger partial charge in [-0.05, 0) is 31.0 Å². The van der Waals surface area contributed by atoms with Crippen LogP contribution in [0.25, 0.3) is 0 Å². The number of Topliss-reactive ketones (excluding diaryl/α,β-unsaturated/α-hetero) is 1. The van der Waals surface area contributed by atoms with E-state index in [0.29, 0.717) is 25.8 Å². The third-order valence-corrected chi connectivity index (χ3v) is 5.19. The van der Waals surface area contributed by atoms with Crippen molar-refractivity contribution in [3.63, 3.8) is 0 Å². The first-order chi connectivity index (χ1) is 14.3. The summed E-state index contributed by atoms with van der Waals surface area (Å²) in [5.74, 6) is -2.59. The van der Waals surface area contributed by atoms with Crippen LogP contribution in [0.3, 0.4) is 0 Å². The van der Waals surface area contributed by atoms with Gasteiger partial charge in [-0.2, -0.15) is 0 Å². The summed E-state index contributed by atoms with van der Waals surface area (Å²) < 4.78 is 0. The summed E-state index contributed by atoms with van der Waals surface area (Å²) >= 11 is 5.39. The van der Waals surface area contributed by atoms with Crippen molar-refractivity contribution in [1.29, 1.82) is 0 Å². The van der Waals surface area contributed by atoms with Gasteiger partial charge in [-0.25, -0.2) is 0 Å². The molecule has 2 aromatic carbocycles. The van der Waals surface area contributed by atoms with Gasteiger partial charge in [-0.3, -0.25) is 19.2 Å². The molecule has 1 aliphatic rings. The van der Waals surface area contributed by atoms with Gasteiger partial charge in [0.25, 0.3) is 0 Å². The first kappa shape index (κ1) is 21.5. The molecular formula is C22H20ClNO6. The maximum Gasteiger partial charge on any atom is 0.234 e. The molecule has 1 aliphatic carbocycles. The van der Waals surface area contributed by atoms with E-state index >= 15 is 0 Å². The zero-order valence-electron chi connectivity index (χ0n) is 16.0. The van der Waals surface area contributed by atoms with Crippen molar-refractivity contribution < 1.29 is 29.4 Å². The fourth-order valence-electron chi connectivity index (χ4n) is 3.45. The average Bonchev–Trinajstić information content (AvgIpc) is 2.73. The van der Waals surface area contributed by atoms with Gasteiger partial charge in [0.2, 0.25) is 11.7 Å². The second-order valence-corrected chi connectivity index (χ2v) is 7.26. The standard InChI is InChI=1S/C22H20ClNO6/c23-11-18(28)24-8-3-1-2-6-15(25)12-9-14-20(17(27)10-12)22(30)19-13(21(14)29)5-4-7-16(19)26/h4-5,7,9-10,26-27H,1-3,6,8,11H2,(H,24,28). The molecule has 0 radical (unpaired) electrons. The van der Waals surface area contributed by atoms with E-state index in [2.05, 4.69) is 5.32 Å². The Morgan fingerprint density at radius 1 is 0.900 bits per heavy atom. The smallest absolute Gasteiger partial charge is 0.234 e. The molecule has 3 rings (SSSR count). The van der Waals surface area contributed by atoms with Crippen molar-refractivity contribution in [2.45, 2.75) is 25.7 Å². The number of carbonyl (C=O) groups excluding carboxylic acids is 4. The van der Waals surface area contributed by atoms with Gasteiger partial charge < -0.3 is 15.5 Å². The first-order valence-corrected chi connectivity index (χ1v) is 10.0. The molecule has 3 N–H and O–H groups in total. The molecular weight excluding hydrogens is 410 g/mol. The molecule has 0 bridgehead atoms. The minimum atomic E-state index is -0.659. The highest BCUT2D eigenvalue weighted by Gasteiger charge is 2.34. The van der Waals surface area contributed by atoms with Crippen LogP contribution in [0.4, 0.5) is 0 Å². The molecule has 7 nitrogen and oxygen atoms in total. The van der Waals surface area contributed by atoms with Crippen LogP contribution in [0, 0.1) is 0 Å². The number of nitrogens with one attached hydrogen (secondary N) is 1. The van der Waals surface area contributed by atoms with Crippen LogP contribution in [0.2, 0.25) is 0 Å². The van der Waals surface area contributed by atoms with Crippen LogP contribution >= 0.6 is 11.6 Å². The number of phenolic OH excluding ortho intramolecular Hbond substituents is 2. The molecule has 8 heteroatoms. The lowest BCUT2D eigenvalue weighted by Gasteiger charge is -2.20. The molecule has 1 amide bonds. The molecule has 0 spiro atoms. The van der Waals surface area contributed by atoms with Gasteiger partial charge in [0.15, 0.2) is 11.6 Å². The number of benzene rings is 2. The van der Waals surface area contributed by atoms with E-state index in [9.17, 15) is 29.4 Å². The molecule has 0 aromatic heterocycles. The van der Waals surface area contributed by atoms with Crippen molar-refractivity contribution in [3.05, 3.63) is 58.1 Å². The predicted octanol–water partition coefficient (Wildman–Crippen LogP) is 2.97. The lowest BCUT2D eigenvalue weighted by molar-refractivity contribution is -0.118. The number of phenols is 2. The van der Waals surface area contributed by atoms with Crippen LogP contribution in [-0.4, -0.2) is 45.9 Å². The van der Waals surface area contributed by atoms with Crippen LogP contribution in [0.5, 0.6) is 11.5 Å². The van der Waals surface area contributed by atoms with E-state index < -0.39 is 17.3 Å². The number of aromatic hydroxyl groups is 2. The third kappa shape index (κ3) is 4.21. The van der Waals surface area contributed by atoms with Gasteiger partial charge in [-0.1, -0.05) is 18.6 Å². The number of amides is 1. The van der Waals surface area contributed by atoms with Gasteiger partial charge in [0, 0.05) is 29.7 Å². The Labute approximate surface area is 177 Å². The molecule has 156 valence electrons. The van der Waals surface area contributed by atoms with Crippen LogP contribution in [-0.2, 0) is 4.79 Å². The number of ketones is 3. The minimum absolute atomic E-state index is 0.0375. The summed E-state index contributed by atoms with van der Waals surface area (Å²) in [6.07, 6.45) is 2.16. The average molecular weight is 430 g/mol. The van der Waals surface area contributed by atoms with E-state index in [1.54, 1.807) is 0 Å².